The van der Waals surface area contributed by atoms with Crippen LogP contribution >= 0.6 is 34.5 Å². The smallest absolute Gasteiger partial charge is 0.273 e. The summed E-state index contributed by atoms with van der Waals surface area (Å²) in [7, 11) is 0. The van der Waals surface area contributed by atoms with Crippen LogP contribution in [-0.4, -0.2) is 28.9 Å². The van der Waals surface area contributed by atoms with E-state index in [0.29, 0.717) is 21.7 Å². The van der Waals surface area contributed by atoms with Crippen molar-refractivity contribution in [3.05, 3.63) is 39.3 Å². The Hall–Kier alpha value is -1.10. The summed E-state index contributed by atoms with van der Waals surface area (Å²) < 4.78 is 0. The van der Waals surface area contributed by atoms with E-state index in [1.54, 1.807) is 6.07 Å². The lowest BCUT2D eigenvalue weighted by Gasteiger charge is -2.41. The van der Waals surface area contributed by atoms with Crippen molar-refractivity contribution in [3.63, 3.8) is 0 Å². The third kappa shape index (κ3) is 3.44. The molecule has 1 aliphatic carbocycles. The van der Waals surface area contributed by atoms with E-state index in [1.165, 1.54) is 37.0 Å². The highest BCUT2D eigenvalue weighted by Crippen LogP contribution is 2.37. The molecule has 1 aromatic heterocycles. The molecule has 132 valence electrons. The summed E-state index contributed by atoms with van der Waals surface area (Å²) in [5.74, 6) is 1.53. The highest BCUT2D eigenvalue weighted by Gasteiger charge is 2.33. The van der Waals surface area contributed by atoms with Crippen molar-refractivity contribution in [2.75, 3.05) is 13.1 Å². The molecule has 1 amide bonds. The first kappa shape index (κ1) is 17.3. The Morgan fingerprint density at radius 1 is 1.16 bits per heavy atom. The van der Waals surface area contributed by atoms with Gasteiger partial charge in [0.2, 0.25) is 0 Å². The number of fused-ring (bicyclic) bond motifs is 1. The van der Waals surface area contributed by atoms with Crippen LogP contribution in [0.25, 0.3) is 10.6 Å². The van der Waals surface area contributed by atoms with Crippen LogP contribution in [0.5, 0.6) is 0 Å². The van der Waals surface area contributed by atoms with Gasteiger partial charge in [-0.15, -0.1) is 11.3 Å². The SMILES string of the molecule is O=C(c1csc(-c2cccc(Cl)c2Cl)n1)N1CC[C@H]2CCCC[C@@H]2C1. The van der Waals surface area contributed by atoms with Crippen molar-refractivity contribution < 1.29 is 4.79 Å². The second-order valence-electron chi connectivity index (χ2n) is 6.98. The van der Waals surface area contributed by atoms with Gasteiger partial charge in [-0.2, -0.15) is 0 Å². The van der Waals surface area contributed by atoms with E-state index >= 15 is 0 Å². The zero-order chi connectivity index (χ0) is 17.4. The van der Waals surface area contributed by atoms with E-state index in [2.05, 4.69) is 4.98 Å². The van der Waals surface area contributed by atoms with Crippen molar-refractivity contribution in [3.8, 4) is 10.6 Å². The molecule has 1 saturated heterocycles. The lowest BCUT2D eigenvalue weighted by Crippen LogP contribution is -2.44. The van der Waals surface area contributed by atoms with E-state index in [9.17, 15) is 4.79 Å². The van der Waals surface area contributed by atoms with Crippen LogP contribution < -0.4 is 0 Å². The quantitative estimate of drug-likeness (QED) is 0.647. The summed E-state index contributed by atoms with van der Waals surface area (Å²) in [4.78, 5) is 19.4. The van der Waals surface area contributed by atoms with Gasteiger partial charge in [-0.25, -0.2) is 4.98 Å². The number of amides is 1. The van der Waals surface area contributed by atoms with Gasteiger partial charge in [-0.05, 0) is 30.7 Å². The lowest BCUT2D eigenvalue weighted by molar-refractivity contribution is 0.0516. The fourth-order valence-corrected chi connectivity index (χ4v) is 5.38. The third-order valence-corrected chi connectivity index (χ3v) is 7.18. The van der Waals surface area contributed by atoms with Gasteiger partial charge in [0.1, 0.15) is 10.7 Å². The fourth-order valence-electron chi connectivity index (χ4n) is 4.11. The normalized spacial score (nSPS) is 23.4. The zero-order valence-corrected chi connectivity index (χ0v) is 16.2. The highest BCUT2D eigenvalue weighted by molar-refractivity contribution is 7.13. The van der Waals surface area contributed by atoms with E-state index in [0.717, 1.165) is 36.0 Å². The number of aromatic nitrogens is 1. The maximum Gasteiger partial charge on any atom is 0.273 e. The molecule has 2 aromatic rings. The molecule has 2 atom stereocenters. The maximum atomic E-state index is 12.9. The summed E-state index contributed by atoms with van der Waals surface area (Å²) in [5, 5.41) is 3.56. The van der Waals surface area contributed by atoms with Gasteiger partial charge in [-0.3, -0.25) is 4.79 Å². The lowest BCUT2D eigenvalue weighted by atomic mass is 9.75. The number of likely N-dealkylation sites (tertiary alicyclic amines) is 1. The number of hydrogen-bond donors (Lipinski definition) is 0. The first-order valence-electron chi connectivity index (χ1n) is 8.82. The highest BCUT2D eigenvalue weighted by atomic mass is 35.5. The Labute approximate surface area is 162 Å². The van der Waals surface area contributed by atoms with Gasteiger partial charge < -0.3 is 4.90 Å². The molecule has 0 bridgehead atoms. The maximum absolute atomic E-state index is 12.9. The van der Waals surface area contributed by atoms with Crippen molar-refractivity contribution in [2.45, 2.75) is 32.1 Å². The largest absolute Gasteiger partial charge is 0.337 e. The van der Waals surface area contributed by atoms with Crippen LogP contribution in [0.1, 0.15) is 42.6 Å². The van der Waals surface area contributed by atoms with E-state index in [1.807, 2.05) is 22.4 Å². The molecule has 6 heteroatoms. The molecule has 1 saturated carbocycles. The van der Waals surface area contributed by atoms with Crippen molar-refractivity contribution in [1.29, 1.82) is 0 Å². The first-order chi connectivity index (χ1) is 12.1. The molecule has 2 heterocycles. The van der Waals surface area contributed by atoms with Crippen LogP contribution in [0.2, 0.25) is 10.0 Å². The number of hydrogen-bond acceptors (Lipinski definition) is 3. The molecule has 0 spiro atoms. The minimum atomic E-state index is 0.0460. The predicted molar refractivity (Wildman–Crippen MR) is 104 cm³/mol. The van der Waals surface area contributed by atoms with Crippen LogP contribution in [0, 0.1) is 11.8 Å². The Morgan fingerprint density at radius 2 is 1.96 bits per heavy atom. The Kier molecular flexibility index (Phi) is 5.03. The summed E-state index contributed by atoms with van der Waals surface area (Å²) >= 11 is 13.8. The monoisotopic (exact) mass is 394 g/mol. The number of benzene rings is 1. The molecule has 2 aliphatic rings. The number of halogens is 2. The molecule has 25 heavy (non-hydrogen) atoms. The van der Waals surface area contributed by atoms with E-state index in [-0.39, 0.29) is 5.91 Å². The van der Waals surface area contributed by atoms with Gasteiger partial charge in [-0.1, -0.05) is 54.6 Å². The number of carbonyl (C=O) groups is 1. The van der Waals surface area contributed by atoms with Gasteiger partial charge >= 0.3 is 0 Å². The third-order valence-electron chi connectivity index (χ3n) is 5.48. The van der Waals surface area contributed by atoms with Crippen LogP contribution in [0.3, 0.4) is 0 Å². The number of piperidine rings is 1. The Bertz CT molecular complexity index is 791. The van der Waals surface area contributed by atoms with E-state index < -0.39 is 0 Å². The molecule has 1 aliphatic heterocycles. The number of rotatable bonds is 2. The zero-order valence-electron chi connectivity index (χ0n) is 13.9. The van der Waals surface area contributed by atoms with Gasteiger partial charge in [0.05, 0.1) is 10.0 Å². The van der Waals surface area contributed by atoms with Crippen LogP contribution in [0.15, 0.2) is 23.6 Å². The topological polar surface area (TPSA) is 33.2 Å². The minimum absolute atomic E-state index is 0.0460. The average molecular weight is 395 g/mol. The van der Waals surface area contributed by atoms with Crippen molar-refractivity contribution in [1.82, 2.24) is 9.88 Å². The van der Waals surface area contributed by atoms with Gasteiger partial charge in [0, 0.05) is 24.0 Å². The molecular formula is C19H20Cl2N2OS. The van der Waals surface area contributed by atoms with Crippen molar-refractivity contribution in [2.24, 2.45) is 11.8 Å². The van der Waals surface area contributed by atoms with E-state index in [4.69, 9.17) is 23.2 Å². The summed E-state index contributed by atoms with van der Waals surface area (Å²) in [6, 6.07) is 5.48. The molecule has 0 radical (unpaired) electrons. The second-order valence-corrected chi connectivity index (χ2v) is 8.63. The van der Waals surface area contributed by atoms with Crippen LogP contribution in [-0.2, 0) is 0 Å². The number of nitrogens with zero attached hydrogens (tertiary/aromatic N) is 2. The predicted octanol–water partition coefficient (Wildman–Crippen LogP) is 5.77. The Morgan fingerprint density at radius 3 is 2.80 bits per heavy atom. The number of carbonyl (C=O) groups excluding carboxylic acids is 1. The fraction of sp³-hybridized carbons (Fsp3) is 0.474. The molecule has 3 nitrogen and oxygen atoms in total. The minimum Gasteiger partial charge on any atom is -0.337 e. The first-order valence-corrected chi connectivity index (χ1v) is 10.5. The molecule has 0 N–H and O–H groups in total. The van der Waals surface area contributed by atoms with Gasteiger partial charge in [0.25, 0.3) is 5.91 Å². The summed E-state index contributed by atoms with van der Waals surface area (Å²) in [6.07, 6.45) is 6.38. The van der Waals surface area contributed by atoms with Gasteiger partial charge in [0.15, 0.2) is 0 Å². The van der Waals surface area contributed by atoms with Crippen LogP contribution in [0.4, 0.5) is 0 Å². The molecular weight excluding hydrogens is 375 g/mol. The average Bonchev–Trinajstić information content (AvgIpc) is 3.13. The molecule has 0 unspecified atom stereocenters. The molecule has 4 rings (SSSR count). The number of thiazole rings is 1. The summed E-state index contributed by atoms with van der Waals surface area (Å²) in [6.45, 7) is 1.74. The van der Waals surface area contributed by atoms with Crippen molar-refractivity contribution >= 4 is 40.4 Å². The Balaban J connectivity index is 1.52. The second kappa shape index (κ2) is 7.26. The standard InChI is InChI=1S/C19H20Cl2N2OS/c20-15-7-3-6-14(17(15)21)18-22-16(11-25-18)19(24)23-9-8-12-4-1-2-5-13(12)10-23/h3,6-7,11-13H,1-2,4-5,8-10H2/t12-,13-/m1/s1. The summed E-state index contributed by atoms with van der Waals surface area (Å²) in [5.41, 5.74) is 1.30. The molecule has 2 fully saturated rings. The molecule has 1 aromatic carbocycles.